The summed E-state index contributed by atoms with van der Waals surface area (Å²) in [5, 5.41) is 9.83. The van der Waals surface area contributed by atoms with E-state index in [9.17, 15) is 9.50 Å². The van der Waals surface area contributed by atoms with E-state index in [1.54, 1.807) is 12.1 Å². The van der Waals surface area contributed by atoms with Crippen LogP contribution in [0.15, 0.2) is 22.7 Å². The van der Waals surface area contributed by atoms with Crippen molar-refractivity contribution in [3.8, 4) is 0 Å². The second-order valence-corrected chi connectivity index (χ2v) is 4.55. The molecule has 90 valence electrons. The zero-order valence-corrected chi connectivity index (χ0v) is 10.6. The molecule has 0 saturated carbocycles. The minimum atomic E-state index is -0.914. The van der Waals surface area contributed by atoms with Gasteiger partial charge in [-0.15, -0.1) is 0 Å². The van der Waals surface area contributed by atoms with E-state index >= 15 is 0 Å². The van der Waals surface area contributed by atoms with Crippen molar-refractivity contribution in [2.75, 3.05) is 13.7 Å². The highest BCUT2D eigenvalue weighted by atomic mass is 79.9. The summed E-state index contributed by atoms with van der Waals surface area (Å²) in [6, 6.07) is 4.14. The maximum absolute atomic E-state index is 13.4. The molecule has 1 aromatic carbocycles. The van der Waals surface area contributed by atoms with E-state index < -0.39 is 11.9 Å². The molecule has 0 bridgehead atoms. The second-order valence-electron chi connectivity index (χ2n) is 3.63. The molecule has 3 nitrogen and oxygen atoms in total. The first-order valence-electron chi connectivity index (χ1n) is 4.92. The summed E-state index contributed by atoms with van der Waals surface area (Å²) in [6.07, 6.45) is -0.649. The number of halogens is 2. The number of rotatable bonds is 5. The molecule has 0 aliphatic heterocycles. The van der Waals surface area contributed by atoms with Gasteiger partial charge in [0.05, 0.1) is 12.7 Å². The number of hydrogen-bond donors (Lipinski definition) is 2. The van der Waals surface area contributed by atoms with Crippen LogP contribution in [-0.2, 0) is 4.74 Å². The maximum atomic E-state index is 13.4. The van der Waals surface area contributed by atoms with Crippen molar-refractivity contribution < 1.29 is 14.2 Å². The Balaban J connectivity index is 2.72. The third-order valence-electron chi connectivity index (χ3n) is 2.22. The highest BCUT2D eigenvalue weighted by Crippen LogP contribution is 2.24. The van der Waals surface area contributed by atoms with Gasteiger partial charge in [-0.1, -0.05) is 15.9 Å². The molecule has 0 fully saturated rings. The second kappa shape index (κ2) is 6.30. The Morgan fingerprint density at radius 2 is 2.25 bits per heavy atom. The number of aliphatic hydroxyl groups is 1. The summed E-state index contributed by atoms with van der Waals surface area (Å²) in [7, 11) is 1.53. The molecule has 0 amide bonds. The summed E-state index contributed by atoms with van der Waals surface area (Å²) < 4.78 is 19.0. The maximum Gasteiger partial charge on any atom is 0.129 e. The Labute approximate surface area is 103 Å². The highest BCUT2D eigenvalue weighted by Gasteiger charge is 2.16. The van der Waals surface area contributed by atoms with E-state index in [-0.39, 0.29) is 18.0 Å². The molecule has 2 atom stereocenters. The van der Waals surface area contributed by atoms with Gasteiger partial charge in [-0.05, 0) is 24.6 Å². The summed E-state index contributed by atoms with van der Waals surface area (Å²) >= 11 is 3.23. The molecule has 5 heteroatoms. The first kappa shape index (κ1) is 13.6. The largest absolute Gasteiger partial charge is 0.388 e. The van der Waals surface area contributed by atoms with Crippen LogP contribution in [0.3, 0.4) is 0 Å². The zero-order chi connectivity index (χ0) is 12.1. The molecular formula is C11H15BrFNO2. The SMILES string of the molecule is COCC(N)CC(O)c1cc(Br)ccc1F. The van der Waals surface area contributed by atoms with Crippen molar-refractivity contribution in [1.82, 2.24) is 0 Å². The molecule has 16 heavy (non-hydrogen) atoms. The minimum absolute atomic E-state index is 0.251. The van der Waals surface area contributed by atoms with Gasteiger partial charge in [0.15, 0.2) is 0 Å². The summed E-state index contributed by atoms with van der Waals surface area (Å²) in [5.74, 6) is -0.430. The molecule has 2 unspecified atom stereocenters. The Morgan fingerprint density at radius 1 is 1.56 bits per heavy atom. The van der Waals surface area contributed by atoms with Gasteiger partial charge in [0.1, 0.15) is 5.82 Å². The van der Waals surface area contributed by atoms with Crippen LogP contribution in [-0.4, -0.2) is 24.9 Å². The predicted molar refractivity (Wildman–Crippen MR) is 63.5 cm³/mol. The number of benzene rings is 1. The van der Waals surface area contributed by atoms with Crippen LogP contribution < -0.4 is 5.73 Å². The molecule has 1 rings (SSSR count). The van der Waals surface area contributed by atoms with Gasteiger partial charge < -0.3 is 15.6 Å². The molecule has 0 aliphatic rings. The van der Waals surface area contributed by atoms with Crippen LogP contribution in [0.2, 0.25) is 0 Å². The van der Waals surface area contributed by atoms with Gasteiger partial charge in [0.25, 0.3) is 0 Å². The summed E-state index contributed by atoms with van der Waals surface area (Å²) in [4.78, 5) is 0. The number of nitrogens with two attached hydrogens (primary N) is 1. The van der Waals surface area contributed by atoms with Gasteiger partial charge >= 0.3 is 0 Å². The standard InChI is InChI=1S/C11H15BrFNO2/c1-16-6-8(14)5-11(15)9-4-7(12)2-3-10(9)13/h2-4,8,11,15H,5-6,14H2,1H3. The Hall–Kier alpha value is -0.490. The van der Waals surface area contributed by atoms with Crippen molar-refractivity contribution in [2.45, 2.75) is 18.6 Å². The topological polar surface area (TPSA) is 55.5 Å². The fraction of sp³-hybridized carbons (Fsp3) is 0.455. The quantitative estimate of drug-likeness (QED) is 0.872. The van der Waals surface area contributed by atoms with Gasteiger partial charge in [0, 0.05) is 23.2 Å². The number of hydrogen-bond acceptors (Lipinski definition) is 3. The monoisotopic (exact) mass is 291 g/mol. The minimum Gasteiger partial charge on any atom is -0.388 e. The molecule has 1 aromatic rings. The van der Waals surface area contributed by atoms with E-state index in [4.69, 9.17) is 10.5 Å². The first-order valence-corrected chi connectivity index (χ1v) is 5.71. The zero-order valence-electron chi connectivity index (χ0n) is 8.99. The van der Waals surface area contributed by atoms with Gasteiger partial charge in [-0.3, -0.25) is 0 Å². The lowest BCUT2D eigenvalue weighted by Crippen LogP contribution is -2.28. The lowest BCUT2D eigenvalue weighted by atomic mass is 10.0. The fourth-order valence-corrected chi connectivity index (χ4v) is 1.84. The smallest absolute Gasteiger partial charge is 0.129 e. The fourth-order valence-electron chi connectivity index (χ4n) is 1.47. The van der Waals surface area contributed by atoms with Crippen LogP contribution in [0.1, 0.15) is 18.1 Å². The van der Waals surface area contributed by atoms with Gasteiger partial charge in [-0.25, -0.2) is 4.39 Å². The Morgan fingerprint density at radius 3 is 2.88 bits per heavy atom. The summed E-state index contributed by atoms with van der Waals surface area (Å²) in [6.45, 7) is 0.340. The third-order valence-corrected chi connectivity index (χ3v) is 2.72. The van der Waals surface area contributed by atoms with Crippen LogP contribution in [0.25, 0.3) is 0 Å². The molecule has 0 heterocycles. The molecular weight excluding hydrogens is 277 g/mol. The molecule has 0 radical (unpaired) electrons. The Kier molecular flexibility index (Phi) is 5.34. The van der Waals surface area contributed by atoms with Crippen molar-refractivity contribution in [1.29, 1.82) is 0 Å². The molecule has 0 aliphatic carbocycles. The molecule has 0 saturated heterocycles. The first-order chi connectivity index (χ1) is 7.54. The van der Waals surface area contributed by atoms with Crippen LogP contribution in [0.4, 0.5) is 4.39 Å². The van der Waals surface area contributed by atoms with Crippen molar-refractivity contribution in [3.63, 3.8) is 0 Å². The molecule has 3 N–H and O–H groups in total. The number of methoxy groups -OCH3 is 1. The third kappa shape index (κ3) is 3.83. The van der Waals surface area contributed by atoms with Crippen molar-refractivity contribution >= 4 is 15.9 Å². The number of aliphatic hydroxyl groups excluding tert-OH is 1. The average Bonchev–Trinajstić information content (AvgIpc) is 2.21. The van der Waals surface area contributed by atoms with Crippen LogP contribution >= 0.6 is 15.9 Å². The highest BCUT2D eigenvalue weighted by molar-refractivity contribution is 9.10. The average molecular weight is 292 g/mol. The Bertz CT molecular complexity index is 349. The van der Waals surface area contributed by atoms with Gasteiger partial charge in [-0.2, -0.15) is 0 Å². The normalized spacial score (nSPS) is 14.8. The van der Waals surface area contributed by atoms with Crippen LogP contribution in [0, 0.1) is 5.82 Å². The number of ether oxygens (including phenoxy) is 1. The predicted octanol–water partition coefficient (Wildman–Crippen LogP) is 1.99. The van der Waals surface area contributed by atoms with Crippen molar-refractivity contribution in [2.24, 2.45) is 5.73 Å². The molecule has 0 spiro atoms. The van der Waals surface area contributed by atoms with E-state index in [1.165, 1.54) is 13.2 Å². The van der Waals surface area contributed by atoms with Crippen molar-refractivity contribution in [3.05, 3.63) is 34.1 Å². The summed E-state index contributed by atoms with van der Waals surface area (Å²) in [5.41, 5.74) is 5.94. The van der Waals surface area contributed by atoms with E-state index in [2.05, 4.69) is 15.9 Å². The lowest BCUT2D eigenvalue weighted by Gasteiger charge is -2.16. The van der Waals surface area contributed by atoms with E-state index in [0.29, 0.717) is 6.61 Å². The molecule has 0 aromatic heterocycles. The van der Waals surface area contributed by atoms with E-state index in [1.807, 2.05) is 0 Å². The van der Waals surface area contributed by atoms with E-state index in [0.717, 1.165) is 4.47 Å². The van der Waals surface area contributed by atoms with Gasteiger partial charge in [0.2, 0.25) is 0 Å². The lowest BCUT2D eigenvalue weighted by molar-refractivity contribution is 0.119. The van der Waals surface area contributed by atoms with Crippen LogP contribution in [0.5, 0.6) is 0 Å².